The molecule has 3 rings (SSSR count). The van der Waals surface area contributed by atoms with Gasteiger partial charge in [0.2, 0.25) is 5.91 Å². The summed E-state index contributed by atoms with van der Waals surface area (Å²) in [5, 5.41) is 3.25. The van der Waals surface area contributed by atoms with Crippen molar-refractivity contribution in [3.05, 3.63) is 35.4 Å². The van der Waals surface area contributed by atoms with Crippen LogP contribution in [0.25, 0.3) is 0 Å². The van der Waals surface area contributed by atoms with Gasteiger partial charge < -0.3 is 10.2 Å². The van der Waals surface area contributed by atoms with Crippen LogP contribution in [0.5, 0.6) is 0 Å². The molecular weight excluding hydrogens is 262 g/mol. The van der Waals surface area contributed by atoms with Crippen molar-refractivity contribution >= 4 is 5.91 Å². The molecule has 1 N–H and O–H groups in total. The fourth-order valence-electron chi connectivity index (χ4n) is 2.92. The zero-order valence-corrected chi connectivity index (χ0v) is 11.2. The molecule has 1 saturated heterocycles. The summed E-state index contributed by atoms with van der Waals surface area (Å²) in [6.07, 6.45) is 1.57. The minimum absolute atomic E-state index is 0.0855. The molecule has 1 aromatic carbocycles. The molecule has 0 radical (unpaired) electrons. The van der Waals surface area contributed by atoms with Crippen molar-refractivity contribution in [2.24, 2.45) is 5.92 Å². The smallest absolute Gasteiger partial charge is 0.226 e. The van der Waals surface area contributed by atoms with Gasteiger partial charge in [0, 0.05) is 25.6 Å². The molecule has 2 fully saturated rings. The maximum absolute atomic E-state index is 13.7. The van der Waals surface area contributed by atoms with Gasteiger partial charge >= 0.3 is 0 Å². The second-order valence-electron chi connectivity index (χ2n) is 5.52. The second kappa shape index (κ2) is 5.48. The van der Waals surface area contributed by atoms with Crippen LogP contribution in [0.3, 0.4) is 0 Å². The van der Waals surface area contributed by atoms with Crippen molar-refractivity contribution in [3.8, 4) is 0 Å². The van der Waals surface area contributed by atoms with Crippen molar-refractivity contribution < 1.29 is 13.6 Å². The second-order valence-corrected chi connectivity index (χ2v) is 5.52. The van der Waals surface area contributed by atoms with E-state index in [4.69, 9.17) is 0 Å². The number of amides is 1. The summed E-state index contributed by atoms with van der Waals surface area (Å²) >= 11 is 0. The Kier molecular flexibility index (Phi) is 3.70. The van der Waals surface area contributed by atoms with E-state index < -0.39 is 11.6 Å². The fraction of sp³-hybridized carbons (Fsp3) is 0.533. The number of nitrogens with one attached hydrogen (secondary N) is 1. The molecule has 1 amide bonds. The summed E-state index contributed by atoms with van der Waals surface area (Å²) in [6.45, 7) is 3.18. The first-order valence-corrected chi connectivity index (χ1v) is 7.12. The highest BCUT2D eigenvalue weighted by atomic mass is 19.2. The summed E-state index contributed by atoms with van der Waals surface area (Å²) in [4.78, 5) is 14.2. The summed E-state index contributed by atoms with van der Waals surface area (Å²) in [7, 11) is 0. The highest BCUT2D eigenvalue weighted by Crippen LogP contribution is 2.49. The molecule has 1 heterocycles. The Morgan fingerprint density at radius 2 is 2.10 bits per heavy atom. The van der Waals surface area contributed by atoms with Gasteiger partial charge in [0.1, 0.15) is 0 Å². The topological polar surface area (TPSA) is 32.3 Å². The summed E-state index contributed by atoms with van der Waals surface area (Å²) < 4.78 is 27.0. The lowest BCUT2D eigenvalue weighted by Crippen LogP contribution is -2.35. The molecule has 0 aromatic heterocycles. The maximum Gasteiger partial charge on any atom is 0.226 e. The van der Waals surface area contributed by atoms with Crippen LogP contribution >= 0.6 is 0 Å². The molecule has 2 atom stereocenters. The number of carbonyl (C=O) groups excluding carboxylic acids is 1. The third kappa shape index (κ3) is 2.54. The molecule has 1 aliphatic carbocycles. The minimum Gasteiger partial charge on any atom is -0.341 e. The van der Waals surface area contributed by atoms with E-state index >= 15 is 0 Å². The fourth-order valence-corrected chi connectivity index (χ4v) is 2.92. The monoisotopic (exact) mass is 280 g/mol. The van der Waals surface area contributed by atoms with Crippen LogP contribution in [0.15, 0.2) is 18.2 Å². The van der Waals surface area contributed by atoms with E-state index in [0.717, 1.165) is 32.1 Å². The number of benzene rings is 1. The quantitative estimate of drug-likeness (QED) is 0.897. The normalized spacial score (nSPS) is 26.2. The number of carbonyl (C=O) groups is 1. The van der Waals surface area contributed by atoms with Gasteiger partial charge in [0.25, 0.3) is 0 Å². The Hall–Kier alpha value is -1.49. The number of halogens is 2. The standard InChI is InChI=1S/C15H18F2N2O/c16-13-4-1-3-10(14(13)17)11-9-12(11)15(20)19-7-2-5-18-6-8-19/h1,3-4,11-12,18H,2,5-9H2. The van der Waals surface area contributed by atoms with Gasteiger partial charge in [0.05, 0.1) is 0 Å². The highest BCUT2D eigenvalue weighted by Gasteiger charge is 2.47. The summed E-state index contributed by atoms with van der Waals surface area (Å²) in [5.41, 5.74) is 0.344. The largest absolute Gasteiger partial charge is 0.341 e. The molecule has 0 spiro atoms. The number of hydrogen-bond acceptors (Lipinski definition) is 2. The van der Waals surface area contributed by atoms with Gasteiger partial charge in [-0.1, -0.05) is 12.1 Å². The van der Waals surface area contributed by atoms with Gasteiger partial charge in [-0.3, -0.25) is 4.79 Å². The third-order valence-corrected chi connectivity index (χ3v) is 4.14. The third-order valence-electron chi connectivity index (χ3n) is 4.14. The lowest BCUT2D eigenvalue weighted by atomic mass is 10.1. The van der Waals surface area contributed by atoms with E-state index in [1.165, 1.54) is 6.07 Å². The summed E-state index contributed by atoms with van der Waals surface area (Å²) in [5.74, 6) is -1.88. The van der Waals surface area contributed by atoms with Crippen molar-refractivity contribution in [2.45, 2.75) is 18.8 Å². The highest BCUT2D eigenvalue weighted by molar-refractivity contribution is 5.83. The van der Waals surface area contributed by atoms with Crippen molar-refractivity contribution in [2.75, 3.05) is 26.2 Å². The van der Waals surface area contributed by atoms with E-state index in [9.17, 15) is 13.6 Å². The van der Waals surface area contributed by atoms with Gasteiger partial charge in [-0.25, -0.2) is 8.78 Å². The average molecular weight is 280 g/mol. The molecule has 1 saturated carbocycles. The SMILES string of the molecule is O=C(C1CC1c1cccc(F)c1F)N1CCCNCC1. The van der Waals surface area contributed by atoms with Crippen molar-refractivity contribution in [1.82, 2.24) is 10.2 Å². The van der Waals surface area contributed by atoms with Gasteiger partial charge in [-0.15, -0.1) is 0 Å². The zero-order chi connectivity index (χ0) is 14.1. The van der Waals surface area contributed by atoms with Gasteiger partial charge in [-0.05, 0) is 36.9 Å². The Morgan fingerprint density at radius 1 is 1.25 bits per heavy atom. The van der Waals surface area contributed by atoms with Crippen LogP contribution in [0.2, 0.25) is 0 Å². The Bertz CT molecular complexity index is 513. The minimum atomic E-state index is -0.834. The van der Waals surface area contributed by atoms with E-state index in [1.54, 1.807) is 6.07 Å². The molecule has 5 heteroatoms. The predicted molar refractivity (Wildman–Crippen MR) is 71.3 cm³/mol. The molecular formula is C15H18F2N2O. The van der Waals surface area contributed by atoms with Crippen molar-refractivity contribution in [3.63, 3.8) is 0 Å². The van der Waals surface area contributed by atoms with Gasteiger partial charge in [-0.2, -0.15) is 0 Å². The zero-order valence-electron chi connectivity index (χ0n) is 11.2. The molecule has 0 bridgehead atoms. The number of nitrogens with zero attached hydrogens (tertiary/aromatic N) is 1. The molecule has 20 heavy (non-hydrogen) atoms. The molecule has 2 aliphatic rings. The van der Waals surface area contributed by atoms with Crippen LogP contribution in [-0.2, 0) is 4.79 Å². The van der Waals surface area contributed by atoms with Crippen LogP contribution in [-0.4, -0.2) is 37.0 Å². The van der Waals surface area contributed by atoms with Gasteiger partial charge in [0.15, 0.2) is 11.6 Å². The first kappa shape index (κ1) is 13.5. The van der Waals surface area contributed by atoms with Crippen LogP contribution in [0.4, 0.5) is 8.78 Å². The van der Waals surface area contributed by atoms with Crippen LogP contribution in [0.1, 0.15) is 24.3 Å². The van der Waals surface area contributed by atoms with Crippen LogP contribution < -0.4 is 5.32 Å². The first-order chi connectivity index (χ1) is 9.68. The van der Waals surface area contributed by atoms with E-state index in [2.05, 4.69) is 5.32 Å². The average Bonchev–Trinajstić information content (AvgIpc) is 3.24. The molecule has 108 valence electrons. The van der Waals surface area contributed by atoms with Crippen molar-refractivity contribution in [1.29, 1.82) is 0 Å². The first-order valence-electron chi connectivity index (χ1n) is 7.12. The van der Waals surface area contributed by atoms with E-state index in [1.807, 2.05) is 4.90 Å². The number of rotatable bonds is 2. The molecule has 1 aromatic rings. The predicted octanol–water partition coefficient (Wildman–Crippen LogP) is 1.89. The molecule has 3 nitrogen and oxygen atoms in total. The molecule has 1 aliphatic heterocycles. The lowest BCUT2D eigenvalue weighted by Gasteiger charge is -2.20. The molecule has 2 unspecified atom stereocenters. The Balaban J connectivity index is 1.69. The van der Waals surface area contributed by atoms with E-state index in [-0.39, 0.29) is 17.7 Å². The number of hydrogen-bond donors (Lipinski definition) is 1. The summed E-state index contributed by atoms with van der Waals surface area (Å²) in [6, 6.07) is 4.20. The Labute approximate surface area is 117 Å². The Morgan fingerprint density at radius 3 is 2.95 bits per heavy atom. The van der Waals surface area contributed by atoms with Crippen LogP contribution in [0, 0.1) is 17.6 Å². The maximum atomic E-state index is 13.7. The lowest BCUT2D eigenvalue weighted by molar-refractivity contribution is -0.132. The van der Waals surface area contributed by atoms with E-state index in [0.29, 0.717) is 18.5 Å².